The van der Waals surface area contributed by atoms with Gasteiger partial charge >= 0.3 is 11.9 Å². The molecule has 0 radical (unpaired) electrons. The molecule has 0 amide bonds. The molecule has 1 aromatic heterocycles. The maximum absolute atomic E-state index is 12.7. The van der Waals surface area contributed by atoms with Gasteiger partial charge in [-0.1, -0.05) is 6.08 Å². The van der Waals surface area contributed by atoms with E-state index in [0.29, 0.717) is 11.6 Å². The van der Waals surface area contributed by atoms with E-state index in [9.17, 15) is 23.1 Å². The number of aromatic nitrogens is 2. The van der Waals surface area contributed by atoms with Crippen molar-refractivity contribution in [3.8, 4) is 17.2 Å². The molecule has 2 N–H and O–H groups in total. The smallest absolute Gasteiger partial charge is 0.431 e. The first-order chi connectivity index (χ1) is 11.2. The van der Waals surface area contributed by atoms with Crippen molar-refractivity contribution >= 4 is 12.2 Å². The second-order valence-electron chi connectivity index (χ2n) is 4.63. The van der Waals surface area contributed by atoms with E-state index in [1.54, 1.807) is 4.98 Å². The number of aromatic amines is 1. The van der Waals surface area contributed by atoms with E-state index in [2.05, 4.69) is 4.98 Å². The summed E-state index contributed by atoms with van der Waals surface area (Å²) >= 11 is 0. The molecule has 1 heterocycles. The lowest BCUT2D eigenvalue weighted by Crippen LogP contribution is -2.19. The van der Waals surface area contributed by atoms with Crippen molar-refractivity contribution in [1.82, 2.24) is 9.97 Å². The summed E-state index contributed by atoms with van der Waals surface area (Å²) in [5.74, 6) is 0.0542. The summed E-state index contributed by atoms with van der Waals surface area (Å²) in [4.78, 5) is 16.3. The van der Waals surface area contributed by atoms with Crippen LogP contribution < -0.4 is 15.2 Å². The first-order valence-corrected chi connectivity index (χ1v) is 6.56. The number of methoxy groups -OCH3 is 2. The second kappa shape index (κ2) is 6.65. The molecule has 6 nitrogen and oxygen atoms in total. The van der Waals surface area contributed by atoms with Crippen molar-refractivity contribution in [2.45, 2.75) is 6.18 Å². The highest BCUT2D eigenvalue weighted by atomic mass is 19.4. The van der Waals surface area contributed by atoms with Gasteiger partial charge in [0.1, 0.15) is 5.69 Å². The van der Waals surface area contributed by atoms with Gasteiger partial charge in [0.2, 0.25) is 5.75 Å². The monoisotopic (exact) mass is 342 g/mol. The summed E-state index contributed by atoms with van der Waals surface area (Å²) in [7, 11) is 2.69. The number of halogens is 3. The summed E-state index contributed by atoms with van der Waals surface area (Å²) in [5.41, 5.74) is -2.00. The zero-order valence-corrected chi connectivity index (χ0v) is 12.6. The molecule has 0 saturated carbocycles. The first-order valence-electron chi connectivity index (χ1n) is 6.56. The Kier molecular flexibility index (Phi) is 4.82. The van der Waals surface area contributed by atoms with Crippen molar-refractivity contribution in [2.24, 2.45) is 0 Å². The van der Waals surface area contributed by atoms with Gasteiger partial charge in [-0.2, -0.15) is 18.2 Å². The van der Waals surface area contributed by atoms with Crippen molar-refractivity contribution < 1.29 is 27.8 Å². The first kappa shape index (κ1) is 17.4. The van der Waals surface area contributed by atoms with Crippen LogP contribution in [0.5, 0.6) is 17.2 Å². The third kappa shape index (κ3) is 3.86. The van der Waals surface area contributed by atoms with E-state index in [1.165, 1.54) is 38.5 Å². The lowest BCUT2D eigenvalue weighted by molar-refractivity contribution is -0.141. The van der Waals surface area contributed by atoms with Crippen LogP contribution in [0.15, 0.2) is 23.0 Å². The minimum atomic E-state index is -4.68. The molecular formula is C15H13F3N2O4. The maximum Gasteiger partial charge on any atom is 0.431 e. The number of ether oxygens (including phenoxy) is 2. The average Bonchev–Trinajstić information content (AvgIpc) is 2.52. The number of alkyl halides is 3. The highest BCUT2D eigenvalue weighted by molar-refractivity contribution is 5.71. The fourth-order valence-electron chi connectivity index (χ4n) is 1.91. The molecule has 2 aromatic rings. The lowest BCUT2D eigenvalue weighted by atomic mass is 10.1. The number of nitrogens with zero attached hydrogens (tertiary/aromatic N) is 1. The number of hydrogen-bond acceptors (Lipinski definition) is 5. The van der Waals surface area contributed by atoms with Crippen molar-refractivity contribution in [3.63, 3.8) is 0 Å². The van der Waals surface area contributed by atoms with Gasteiger partial charge in [-0.05, 0) is 29.8 Å². The molecule has 0 saturated heterocycles. The Morgan fingerprint density at radius 1 is 1.12 bits per heavy atom. The van der Waals surface area contributed by atoms with Gasteiger partial charge in [-0.25, -0.2) is 4.79 Å². The molecule has 0 fully saturated rings. The zero-order valence-electron chi connectivity index (χ0n) is 12.6. The van der Waals surface area contributed by atoms with Gasteiger partial charge in [0.25, 0.3) is 0 Å². The normalized spacial score (nSPS) is 11.7. The van der Waals surface area contributed by atoms with Crippen LogP contribution >= 0.6 is 0 Å². The topological polar surface area (TPSA) is 84.4 Å². The molecule has 0 aliphatic rings. The van der Waals surface area contributed by atoms with E-state index in [0.717, 1.165) is 0 Å². The van der Waals surface area contributed by atoms with E-state index in [-0.39, 0.29) is 22.9 Å². The molecule has 0 aliphatic heterocycles. The summed E-state index contributed by atoms with van der Waals surface area (Å²) in [6.07, 6.45) is -2.04. The average molecular weight is 342 g/mol. The molecule has 0 bridgehead atoms. The minimum Gasteiger partial charge on any atom is -0.502 e. The van der Waals surface area contributed by atoms with Crippen LogP contribution in [0.4, 0.5) is 13.2 Å². The number of benzene rings is 1. The molecule has 2 rings (SSSR count). The van der Waals surface area contributed by atoms with Crippen LogP contribution in [0, 0.1) is 0 Å². The maximum atomic E-state index is 12.7. The fourth-order valence-corrected chi connectivity index (χ4v) is 1.91. The Labute approximate surface area is 134 Å². The molecule has 24 heavy (non-hydrogen) atoms. The fraction of sp³-hybridized carbons (Fsp3) is 0.200. The Morgan fingerprint density at radius 2 is 1.71 bits per heavy atom. The van der Waals surface area contributed by atoms with Crippen LogP contribution in [0.2, 0.25) is 0 Å². The Bertz CT molecular complexity index is 803. The molecule has 0 spiro atoms. The highest BCUT2D eigenvalue weighted by Gasteiger charge is 2.32. The lowest BCUT2D eigenvalue weighted by Gasteiger charge is -2.09. The number of aromatic hydroxyl groups is 1. The third-order valence-corrected chi connectivity index (χ3v) is 3.02. The number of rotatable bonds is 4. The Morgan fingerprint density at radius 3 is 2.21 bits per heavy atom. The number of H-pyrrole nitrogens is 1. The van der Waals surface area contributed by atoms with Gasteiger partial charge in [0, 0.05) is 0 Å². The Balaban J connectivity index is 2.41. The van der Waals surface area contributed by atoms with Gasteiger partial charge in [0.15, 0.2) is 11.5 Å². The van der Waals surface area contributed by atoms with Crippen LogP contribution in [-0.4, -0.2) is 29.3 Å². The summed E-state index contributed by atoms with van der Waals surface area (Å²) in [6, 6.07) is 3.62. The van der Waals surface area contributed by atoms with Crippen molar-refractivity contribution in [2.75, 3.05) is 14.2 Å². The zero-order chi connectivity index (χ0) is 17.9. The van der Waals surface area contributed by atoms with Crippen LogP contribution in [0.25, 0.3) is 12.2 Å². The van der Waals surface area contributed by atoms with Crippen molar-refractivity contribution in [1.29, 1.82) is 0 Å². The molecule has 128 valence electrons. The van der Waals surface area contributed by atoms with E-state index in [4.69, 9.17) is 9.47 Å². The van der Waals surface area contributed by atoms with Gasteiger partial charge < -0.3 is 19.6 Å². The summed E-state index contributed by atoms with van der Waals surface area (Å²) in [6.45, 7) is 0. The Hall–Kier alpha value is -2.97. The number of hydrogen-bond donors (Lipinski definition) is 2. The molecule has 0 unspecified atom stereocenters. The molecule has 0 atom stereocenters. The standard InChI is InChI=1S/C15H13F3N2O4/c1-23-10-5-8(6-11(24-2)13(10)21)3-4-9-7-12(15(16,17)18)20-14(22)19-9/h3-7,21H,1-2H3,(H,19,20,22)/b4-3+. The number of phenolic OH excluding ortho intramolecular Hbond substituents is 1. The van der Waals surface area contributed by atoms with E-state index < -0.39 is 17.6 Å². The SMILES string of the molecule is COc1cc(/C=C/c2cc(C(F)(F)F)[nH]c(=O)n2)cc(OC)c1O. The molecule has 9 heteroatoms. The third-order valence-electron chi connectivity index (χ3n) is 3.02. The highest BCUT2D eigenvalue weighted by Crippen LogP contribution is 2.37. The van der Waals surface area contributed by atoms with Gasteiger partial charge in [-0.3, -0.25) is 0 Å². The quantitative estimate of drug-likeness (QED) is 0.892. The number of nitrogens with one attached hydrogen (secondary N) is 1. The van der Waals surface area contributed by atoms with E-state index in [1.807, 2.05) is 0 Å². The second-order valence-corrected chi connectivity index (χ2v) is 4.63. The minimum absolute atomic E-state index is 0.129. The predicted molar refractivity (Wildman–Crippen MR) is 80.0 cm³/mol. The predicted octanol–water partition coefficient (Wildman–Crippen LogP) is 2.68. The van der Waals surface area contributed by atoms with E-state index >= 15 is 0 Å². The molecule has 1 aromatic carbocycles. The van der Waals surface area contributed by atoms with Crippen LogP contribution in [-0.2, 0) is 6.18 Å². The molecule has 0 aliphatic carbocycles. The van der Waals surface area contributed by atoms with Gasteiger partial charge in [0.05, 0.1) is 19.9 Å². The summed E-state index contributed by atoms with van der Waals surface area (Å²) < 4.78 is 48.0. The largest absolute Gasteiger partial charge is 0.502 e. The number of phenols is 1. The van der Waals surface area contributed by atoms with Crippen LogP contribution in [0.3, 0.4) is 0 Å². The van der Waals surface area contributed by atoms with Crippen molar-refractivity contribution in [3.05, 3.63) is 45.6 Å². The summed E-state index contributed by atoms with van der Waals surface area (Å²) in [5, 5.41) is 9.80. The van der Waals surface area contributed by atoms with Gasteiger partial charge in [-0.15, -0.1) is 0 Å². The molecular weight excluding hydrogens is 329 g/mol. The van der Waals surface area contributed by atoms with Crippen LogP contribution in [0.1, 0.15) is 17.0 Å².